The Bertz CT molecular complexity index is 343. The minimum absolute atomic E-state index is 0.159. The lowest BCUT2D eigenvalue weighted by atomic mass is 9.79. The molecular weight excluding hydrogens is 200 g/mol. The molecule has 0 unspecified atom stereocenters. The first-order valence-electron chi connectivity index (χ1n) is 6.61. The summed E-state index contributed by atoms with van der Waals surface area (Å²) in [6, 6.07) is 0. The summed E-state index contributed by atoms with van der Waals surface area (Å²) in [4.78, 5) is 12.0. The van der Waals surface area contributed by atoms with Gasteiger partial charge in [-0.3, -0.25) is 4.79 Å². The molecule has 0 aromatic heterocycles. The highest BCUT2D eigenvalue weighted by molar-refractivity contribution is 5.82. The second-order valence-electron chi connectivity index (χ2n) is 6.99. The van der Waals surface area contributed by atoms with Crippen LogP contribution in [0.25, 0.3) is 0 Å². The molecule has 3 saturated carbocycles. The molecule has 3 aliphatic carbocycles. The van der Waals surface area contributed by atoms with Gasteiger partial charge in [0.1, 0.15) is 5.78 Å². The van der Waals surface area contributed by atoms with Crippen LogP contribution in [0.4, 0.5) is 0 Å². The number of rotatable bonds is 0. The van der Waals surface area contributed by atoms with Crippen LogP contribution in [0.1, 0.15) is 46.5 Å². The average Bonchev–Trinajstić information content (AvgIpc) is 2.61. The van der Waals surface area contributed by atoms with E-state index < -0.39 is 5.60 Å². The van der Waals surface area contributed by atoms with E-state index in [1.165, 1.54) is 0 Å². The lowest BCUT2D eigenvalue weighted by molar-refractivity contribution is -0.125. The second kappa shape index (κ2) is 2.90. The molecule has 0 aliphatic heterocycles. The molecule has 3 aliphatic rings. The van der Waals surface area contributed by atoms with Gasteiger partial charge < -0.3 is 5.11 Å². The summed E-state index contributed by atoms with van der Waals surface area (Å²) in [5.74, 6) is 2.08. The molecule has 3 rings (SSSR count). The van der Waals surface area contributed by atoms with Crippen LogP contribution in [0, 0.1) is 29.1 Å². The van der Waals surface area contributed by atoms with Gasteiger partial charge in [0.05, 0.1) is 5.60 Å². The largest absolute Gasteiger partial charge is 0.390 e. The van der Waals surface area contributed by atoms with Crippen LogP contribution < -0.4 is 0 Å². The fraction of sp³-hybridized carbons (Fsp3) is 0.929. The van der Waals surface area contributed by atoms with Crippen molar-refractivity contribution in [2.75, 3.05) is 0 Å². The molecule has 1 N–H and O–H groups in total. The smallest absolute Gasteiger partial charge is 0.136 e. The Hall–Kier alpha value is -0.370. The van der Waals surface area contributed by atoms with Crippen LogP contribution in [0.15, 0.2) is 0 Å². The molecule has 0 bridgehead atoms. The van der Waals surface area contributed by atoms with Crippen LogP contribution in [0.3, 0.4) is 0 Å². The SMILES string of the molecule is CC1(C)[C@@H]2[C@@H]3[C@H](CC[C@@]3(C)O)C(=O)CC[C@@H]21. The number of hydrogen-bond donors (Lipinski definition) is 1. The molecule has 0 spiro atoms. The summed E-state index contributed by atoms with van der Waals surface area (Å²) in [7, 11) is 0. The summed E-state index contributed by atoms with van der Waals surface area (Å²) in [5.41, 5.74) is -0.237. The molecule has 0 aromatic rings. The molecule has 0 radical (unpaired) electrons. The van der Waals surface area contributed by atoms with Gasteiger partial charge in [0.2, 0.25) is 0 Å². The maximum atomic E-state index is 12.0. The van der Waals surface area contributed by atoms with Crippen molar-refractivity contribution >= 4 is 5.78 Å². The van der Waals surface area contributed by atoms with Crippen molar-refractivity contribution in [3.8, 4) is 0 Å². The first-order chi connectivity index (χ1) is 7.36. The first kappa shape index (κ1) is 10.8. The van der Waals surface area contributed by atoms with Crippen molar-refractivity contribution in [2.45, 2.75) is 52.1 Å². The van der Waals surface area contributed by atoms with Crippen LogP contribution >= 0.6 is 0 Å². The Labute approximate surface area is 97.4 Å². The van der Waals surface area contributed by atoms with Gasteiger partial charge >= 0.3 is 0 Å². The minimum Gasteiger partial charge on any atom is -0.390 e. The highest BCUT2D eigenvalue weighted by Crippen LogP contribution is 2.70. The van der Waals surface area contributed by atoms with Gasteiger partial charge in [0.25, 0.3) is 0 Å². The predicted molar refractivity (Wildman–Crippen MR) is 61.8 cm³/mol. The molecule has 5 atom stereocenters. The number of carbonyl (C=O) groups is 1. The Morgan fingerprint density at radius 2 is 1.88 bits per heavy atom. The molecule has 0 heterocycles. The monoisotopic (exact) mass is 222 g/mol. The maximum absolute atomic E-state index is 12.0. The molecule has 2 heteroatoms. The molecule has 90 valence electrons. The summed E-state index contributed by atoms with van der Waals surface area (Å²) in [6.07, 6.45) is 3.53. The Morgan fingerprint density at radius 3 is 2.56 bits per heavy atom. The van der Waals surface area contributed by atoms with Crippen LogP contribution in [0.2, 0.25) is 0 Å². The van der Waals surface area contributed by atoms with Crippen LogP contribution in [-0.4, -0.2) is 16.5 Å². The predicted octanol–water partition coefficient (Wildman–Crippen LogP) is 2.40. The van der Waals surface area contributed by atoms with E-state index in [9.17, 15) is 9.90 Å². The van der Waals surface area contributed by atoms with Crippen molar-refractivity contribution in [3.05, 3.63) is 0 Å². The molecular formula is C14H22O2. The number of carbonyl (C=O) groups excluding carboxylic acids is 1. The normalized spacial score (nSPS) is 54.1. The summed E-state index contributed by atoms with van der Waals surface area (Å²) >= 11 is 0. The zero-order valence-corrected chi connectivity index (χ0v) is 10.5. The average molecular weight is 222 g/mol. The number of hydrogen-bond acceptors (Lipinski definition) is 2. The van der Waals surface area contributed by atoms with E-state index >= 15 is 0 Å². The molecule has 0 amide bonds. The standard InChI is InChI=1S/C14H22O2/c1-13(2)9-4-5-10(15)8-6-7-14(3,16)11(8)12(9)13/h8-9,11-12,16H,4-7H2,1-3H3/t8-,9+,11+,12+,14-/m1/s1. The van der Waals surface area contributed by atoms with Gasteiger partial charge in [-0.25, -0.2) is 0 Å². The number of Topliss-reactive ketones (excluding diaryl/α,β-unsaturated/α-hetero) is 1. The second-order valence-corrected chi connectivity index (χ2v) is 6.99. The fourth-order valence-corrected chi connectivity index (χ4v) is 4.76. The third-order valence-corrected chi connectivity index (χ3v) is 5.75. The van der Waals surface area contributed by atoms with Gasteiger partial charge in [-0.1, -0.05) is 13.8 Å². The van der Waals surface area contributed by atoms with Crippen LogP contribution in [-0.2, 0) is 4.79 Å². The van der Waals surface area contributed by atoms with Crippen molar-refractivity contribution in [2.24, 2.45) is 29.1 Å². The van der Waals surface area contributed by atoms with Crippen molar-refractivity contribution < 1.29 is 9.90 Å². The van der Waals surface area contributed by atoms with Gasteiger partial charge in [-0.15, -0.1) is 0 Å². The zero-order valence-electron chi connectivity index (χ0n) is 10.5. The molecule has 0 saturated heterocycles. The van der Waals surface area contributed by atoms with E-state index in [-0.39, 0.29) is 11.8 Å². The van der Waals surface area contributed by atoms with Crippen molar-refractivity contribution in [1.29, 1.82) is 0 Å². The van der Waals surface area contributed by atoms with E-state index in [0.29, 0.717) is 23.0 Å². The molecule has 0 aromatic carbocycles. The summed E-state index contributed by atoms with van der Waals surface area (Å²) < 4.78 is 0. The van der Waals surface area contributed by atoms with E-state index in [1.54, 1.807) is 0 Å². The number of aliphatic hydroxyl groups is 1. The first-order valence-corrected chi connectivity index (χ1v) is 6.61. The van der Waals surface area contributed by atoms with Crippen molar-refractivity contribution in [3.63, 3.8) is 0 Å². The third-order valence-electron chi connectivity index (χ3n) is 5.75. The Kier molecular flexibility index (Phi) is 1.95. The Balaban J connectivity index is 1.98. The Morgan fingerprint density at radius 1 is 1.19 bits per heavy atom. The van der Waals surface area contributed by atoms with Crippen LogP contribution in [0.5, 0.6) is 0 Å². The highest BCUT2D eigenvalue weighted by atomic mass is 16.3. The van der Waals surface area contributed by atoms with Gasteiger partial charge in [0.15, 0.2) is 0 Å². The topological polar surface area (TPSA) is 37.3 Å². The highest BCUT2D eigenvalue weighted by Gasteiger charge is 2.68. The quantitative estimate of drug-likeness (QED) is 0.683. The fourth-order valence-electron chi connectivity index (χ4n) is 4.76. The lowest BCUT2D eigenvalue weighted by Gasteiger charge is -2.30. The van der Waals surface area contributed by atoms with Gasteiger partial charge in [0, 0.05) is 18.3 Å². The summed E-state index contributed by atoms with van der Waals surface area (Å²) in [6.45, 7) is 6.56. The zero-order chi connectivity index (χ0) is 11.7. The molecule has 16 heavy (non-hydrogen) atoms. The summed E-state index contributed by atoms with van der Waals surface area (Å²) in [5, 5.41) is 10.5. The third kappa shape index (κ3) is 1.20. The van der Waals surface area contributed by atoms with Gasteiger partial charge in [-0.2, -0.15) is 0 Å². The maximum Gasteiger partial charge on any atom is 0.136 e. The number of ketones is 1. The van der Waals surface area contributed by atoms with E-state index in [0.717, 1.165) is 25.7 Å². The van der Waals surface area contributed by atoms with Gasteiger partial charge in [-0.05, 0) is 43.4 Å². The van der Waals surface area contributed by atoms with E-state index in [4.69, 9.17) is 0 Å². The molecule has 2 nitrogen and oxygen atoms in total. The molecule has 3 fully saturated rings. The van der Waals surface area contributed by atoms with E-state index in [1.807, 2.05) is 6.92 Å². The van der Waals surface area contributed by atoms with Crippen molar-refractivity contribution in [1.82, 2.24) is 0 Å². The minimum atomic E-state index is -0.596. The van der Waals surface area contributed by atoms with E-state index in [2.05, 4.69) is 13.8 Å². The number of fused-ring (bicyclic) bond motifs is 3. The lowest BCUT2D eigenvalue weighted by Crippen LogP contribution is -2.36.